The largest absolute Gasteiger partial charge is 0.482 e. The Balaban J connectivity index is 1.20. The predicted octanol–water partition coefficient (Wildman–Crippen LogP) is 2.79. The number of ketones is 1. The van der Waals surface area contributed by atoms with E-state index in [1.165, 1.54) is 5.56 Å². The molecule has 5 rings (SSSR count). The fourth-order valence-electron chi connectivity index (χ4n) is 4.77. The van der Waals surface area contributed by atoms with Crippen LogP contribution in [0.25, 0.3) is 0 Å². The highest BCUT2D eigenvalue weighted by atomic mass is 16.5. The van der Waals surface area contributed by atoms with Gasteiger partial charge >= 0.3 is 6.03 Å². The Bertz CT molecular complexity index is 960. The van der Waals surface area contributed by atoms with Gasteiger partial charge in [0.05, 0.1) is 6.42 Å². The van der Waals surface area contributed by atoms with Crippen molar-refractivity contribution in [1.29, 1.82) is 0 Å². The molecule has 0 unspecified atom stereocenters. The minimum absolute atomic E-state index is 0.0105. The molecular weight excluding hydrogens is 368 g/mol. The van der Waals surface area contributed by atoms with Gasteiger partial charge in [-0.1, -0.05) is 30.3 Å². The average molecular weight is 394 g/mol. The van der Waals surface area contributed by atoms with Crippen LogP contribution >= 0.6 is 0 Å². The summed E-state index contributed by atoms with van der Waals surface area (Å²) in [5.74, 6) is 1.11. The smallest absolute Gasteiger partial charge is 0.317 e. The standard InChI is InChI=1S/C22H26N4O3/c1-14-20-19(25(2)24-14)18(27)13-22(29-20)8-10-26(11-9-22)21(28)23-17-12-16(17)15-6-4-3-5-7-15/h3-7,16-17H,8-13H2,1-2H3,(H,23,28)/t16-,17+/m0/s1. The number of nitrogens with zero attached hydrogens (tertiary/aromatic N) is 3. The summed E-state index contributed by atoms with van der Waals surface area (Å²) in [6, 6.07) is 10.5. The predicted molar refractivity (Wildman–Crippen MR) is 107 cm³/mol. The van der Waals surface area contributed by atoms with Crippen molar-refractivity contribution in [3.8, 4) is 5.75 Å². The maximum absolute atomic E-state index is 12.7. The zero-order valence-corrected chi connectivity index (χ0v) is 16.9. The van der Waals surface area contributed by atoms with Crippen molar-refractivity contribution in [2.75, 3.05) is 13.1 Å². The first kappa shape index (κ1) is 18.2. The number of carbonyl (C=O) groups excluding carboxylic acids is 2. The number of urea groups is 1. The molecule has 7 heteroatoms. The molecule has 2 aliphatic heterocycles. The maximum atomic E-state index is 12.7. The lowest BCUT2D eigenvalue weighted by atomic mass is 9.83. The van der Waals surface area contributed by atoms with Crippen molar-refractivity contribution in [3.63, 3.8) is 0 Å². The zero-order chi connectivity index (χ0) is 20.2. The van der Waals surface area contributed by atoms with E-state index in [1.807, 2.05) is 30.0 Å². The summed E-state index contributed by atoms with van der Waals surface area (Å²) in [4.78, 5) is 27.3. The lowest BCUT2D eigenvalue weighted by Crippen LogP contribution is -2.54. The van der Waals surface area contributed by atoms with Crippen LogP contribution in [-0.4, -0.2) is 51.2 Å². The van der Waals surface area contributed by atoms with E-state index in [-0.39, 0.29) is 17.9 Å². The van der Waals surface area contributed by atoms with E-state index in [1.54, 1.807) is 11.7 Å². The van der Waals surface area contributed by atoms with Crippen LogP contribution in [0.4, 0.5) is 4.79 Å². The third kappa shape index (κ3) is 3.18. The van der Waals surface area contributed by atoms with Gasteiger partial charge in [-0.25, -0.2) is 4.79 Å². The summed E-state index contributed by atoms with van der Waals surface area (Å²) < 4.78 is 7.93. The molecule has 0 bridgehead atoms. The number of ether oxygens (including phenoxy) is 1. The summed E-state index contributed by atoms with van der Waals surface area (Å²) >= 11 is 0. The van der Waals surface area contributed by atoms with Crippen LogP contribution < -0.4 is 10.1 Å². The second kappa shape index (κ2) is 6.61. The van der Waals surface area contributed by atoms with Crippen LogP contribution in [0.3, 0.4) is 0 Å². The van der Waals surface area contributed by atoms with Gasteiger partial charge in [0.15, 0.2) is 11.5 Å². The number of carbonyl (C=O) groups is 2. The summed E-state index contributed by atoms with van der Waals surface area (Å²) in [6.07, 6.45) is 2.67. The molecule has 2 amide bonds. The first-order chi connectivity index (χ1) is 14.0. The lowest BCUT2D eigenvalue weighted by molar-refractivity contribution is -0.00164. The Morgan fingerprint density at radius 3 is 2.69 bits per heavy atom. The molecule has 3 aliphatic rings. The minimum atomic E-state index is -0.513. The monoisotopic (exact) mass is 394 g/mol. The van der Waals surface area contributed by atoms with E-state index in [0.29, 0.717) is 49.7 Å². The van der Waals surface area contributed by atoms with E-state index in [9.17, 15) is 9.59 Å². The number of aryl methyl sites for hydroxylation is 2. The van der Waals surface area contributed by atoms with Crippen LogP contribution in [0.5, 0.6) is 5.75 Å². The number of amides is 2. The highest BCUT2D eigenvalue weighted by Gasteiger charge is 2.46. The third-order valence-corrected chi connectivity index (χ3v) is 6.52. The molecular formula is C22H26N4O3. The van der Waals surface area contributed by atoms with Crippen molar-refractivity contribution in [2.45, 2.75) is 50.2 Å². The molecule has 1 aromatic carbocycles. The Labute approximate surface area is 170 Å². The van der Waals surface area contributed by atoms with Gasteiger partial charge in [0, 0.05) is 44.9 Å². The number of rotatable bonds is 2. The van der Waals surface area contributed by atoms with Gasteiger partial charge in [-0.15, -0.1) is 0 Å². The first-order valence-electron chi connectivity index (χ1n) is 10.3. The summed E-state index contributed by atoms with van der Waals surface area (Å²) in [6.45, 7) is 3.06. The van der Waals surface area contributed by atoms with E-state index < -0.39 is 5.60 Å². The molecule has 0 radical (unpaired) electrons. The SMILES string of the molecule is Cc1nn(C)c2c1OC1(CCN(C(=O)N[C@@H]3C[C@H]3c3ccccc3)CC1)CC2=O. The van der Waals surface area contributed by atoms with Gasteiger partial charge in [0.2, 0.25) is 0 Å². The summed E-state index contributed by atoms with van der Waals surface area (Å²) in [5, 5.41) is 7.50. The van der Waals surface area contributed by atoms with Gasteiger partial charge in [0.1, 0.15) is 17.0 Å². The molecule has 1 saturated heterocycles. The summed E-state index contributed by atoms with van der Waals surface area (Å²) in [5.41, 5.74) is 2.08. The Morgan fingerprint density at radius 1 is 1.24 bits per heavy atom. The Kier molecular flexibility index (Phi) is 4.15. The number of hydrogen-bond donors (Lipinski definition) is 1. The molecule has 2 aromatic rings. The van der Waals surface area contributed by atoms with Crippen LogP contribution in [0.2, 0.25) is 0 Å². The normalized spacial score (nSPS) is 24.8. The number of benzene rings is 1. The molecule has 1 aromatic heterocycles. The highest BCUT2D eigenvalue weighted by Crippen LogP contribution is 2.42. The second-order valence-electron chi connectivity index (χ2n) is 8.57. The summed E-state index contributed by atoms with van der Waals surface area (Å²) in [7, 11) is 1.78. The van der Waals surface area contributed by atoms with Crippen LogP contribution in [0.15, 0.2) is 30.3 Å². The molecule has 29 heavy (non-hydrogen) atoms. The number of Topliss-reactive ketones (excluding diaryl/α,β-unsaturated/α-hetero) is 1. The van der Waals surface area contributed by atoms with Gasteiger partial charge in [-0.2, -0.15) is 5.10 Å². The molecule has 3 heterocycles. The molecule has 1 saturated carbocycles. The number of likely N-dealkylation sites (tertiary alicyclic amines) is 1. The second-order valence-corrected chi connectivity index (χ2v) is 8.57. The third-order valence-electron chi connectivity index (χ3n) is 6.52. The van der Waals surface area contributed by atoms with Crippen LogP contribution in [0.1, 0.15) is 53.3 Å². The fraction of sp³-hybridized carbons (Fsp3) is 0.500. The Hall–Kier alpha value is -2.83. The lowest BCUT2D eigenvalue weighted by Gasteiger charge is -2.43. The van der Waals surface area contributed by atoms with Crippen molar-refractivity contribution >= 4 is 11.8 Å². The van der Waals surface area contributed by atoms with Gasteiger partial charge < -0.3 is 15.0 Å². The number of aromatic nitrogens is 2. The van der Waals surface area contributed by atoms with Crippen molar-refractivity contribution in [3.05, 3.63) is 47.3 Å². The van der Waals surface area contributed by atoms with Crippen molar-refractivity contribution in [1.82, 2.24) is 20.0 Å². The highest BCUT2D eigenvalue weighted by molar-refractivity contribution is 5.99. The Morgan fingerprint density at radius 2 is 1.97 bits per heavy atom. The number of hydrogen-bond acceptors (Lipinski definition) is 4. The molecule has 2 atom stereocenters. The average Bonchev–Trinajstić information content (AvgIpc) is 3.41. The van der Waals surface area contributed by atoms with Crippen LogP contribution in [0, 0.1) is 6.92 Å². The van der Waals surface area contributed by atoms with Crippen LogP contribution in [-0.2, 0) is 7.05 Å². The molecule has 7 nitrogen and oxygen atoms in total. The topological polar surface area (TPSA) is 76.5 Å². The zero-order valence-electron chi connectivity index (χ0n) is 16.9. The molecule has 2 fully saturated rings. The molecule has 1 N–H and O–H groups in total. The minimum Gasteiger partial charge on any atom is -0.482 e. The van der Waals surface area contributed by atoms with Gasteiger partial charge in [-0.05, 0) is 18.9 Å². The molecule has 152 valence electrons. The quantitative estimate of drug-likeness (QED) is 0.850. The fourth-order valence-corrected chi connectivity index (χ4v) is 4.77. The number of piperidine rings is 1. The maximum Gasteiger partial charge on any atom is 0.317 e. The number of fused-ring (bicyclic) bond motifs is 1. The van der Waals surface area contributed by atoms with Crippen molar-refractivity contribution in [2.24, 2.45) is 7.05 Å². The molecule has 1 aliphatic carbocycles. The van der Waals surface area contributed by atoms with Gasteiger partial charge in [0.25, 0.3) is 0 Å². The molecule has 1 spiro atoms. The number of nitrogens with one attached hydrogen (secondary N) is 1. The van der Waals surface area contributed by atoms with E-state index in [4.69, 9.17) is 4.74 Å². The first-order valence-corrected chi connectivity index (χ1v) is 10.3. The van der Waals surface area contributed by atoms with Gasteiger partial charge in [-0.3, -0.25) is 9.48 Å². The van der Waals surface area contributed by atoms with E-state index in [0.717, 1.165) is 12.1 Å². The van der Waals surface area contributed by atoms with E-state index >= 15 is 0 Å². The van der Waals surface area contributed by atoms with Crippen molar-refractivity contribution < 1.29 is 14.3 Å². The van der Waals surface area contributed by atoms with E-state index in [2.05, 4.69) is 22.5 Å².